The number of hydrogen-bond donors (Lipinski definition) is 1. The first-order valence-corrected chi connectivity index (χ1v) is 8.26. The second-order valence-corrected chi connectivity index (χ2v) is 6.19. The van der Waals surface area contributed by atoms with Gasteiger partial charge in [-0.3, -0.25) is 0 Å². The maximum absolute atomic E-state index is 12.1. The number of hydrogen-bond acceptors (Lipinski definition) is 3. The summed E-state index contributed by atoms with van der Waals surface area (Å²) in [5, 5.41) is 3.29. The summed E-state index contributed by atoms with van der Waals surface area (Å²) in [6.45, 7) is 1.65. The highest BCUT2D eigenvalue weighted by Crippen LogP contribution is 2.36. The molecule has 1 N–H and O–H groups in total. The highest BCUT2D eigenvalue weighted by molar-refractivity contribution is 8.00. The molecule has 0 spiro atoms. The summed E-state index contributed by atoms with van der Waals surface area (Å²) in [6.07, 6.45) is 4.41. The smallest absolute Gasteiger partial charge is 0.313 e. The van der Waals surface area contributed by atoms with Crippen molar-refractivity contribution in [3.63, 3.8) is 0 Å². The zero-order valence-corrected chi connectivity index (χ0v) is 12.4. The second-order valence-electron chi connectivity index (χ2n) is 4.07. The first-order valence-electron chi connectivity index (χ1n) is 6.05. The fourth-order valence-electron chi connectivity index (χ4n) is 1.54. The van der Waals surface area contributed by atoms with Gasteiger partial charge in [0.15, 0.2) is 0 Å². The number of nitrogens with one attached hydrogen (secondary N) is 1. The molecule has 1 aromatic carbocycles. The van der Waals surface area contributed by atoms with Crippen LogP contribution >= 0.6 is 23.5 Å². The van der Waals surface area contributed by atoms with Crippen LogP contribution in [-0.2, 0) is 6.54 Å². The minimum atomic E-state index is -4.21. The molecule has 0 bridgehead atoms. The lowest BCUT2D eigenvalue weighted by atomic mass is 10.2. The Morgan fingerprint density at radius 2 is 1.79 bits per heavy atom. The van der Waals surface area contributed by atoms with Gasteiger partial charge in [0.05, 0.1) is 0 Å². The summed E-state index contributed by atoms with van der Waals surface area (Å²) in [5.74, 6) is 1.17. The van der Waals surface area contributed by atoms with Crippen molar-refractivity contribution in [3.05, 3.63) is 29.8 Å². The Labute approximate surface area is 120 Å². The number of rotatable bonds is 8. The van der Waals surface area contributed by atoms with Crippen LogP contribution < -0.4 is 5.32 Å². The van der Waals surface area contributed by atoms with Gasteiger partial charge in [-0.1, -0.05) is 12.1 Å². The van der Waals surface area contributed by atoms with Crippen LogP contribution in [0.25, 0.3) is 0 Å². The second kappa shape index (κ2) is 8.76. The van der Waals surface area contributed by atoms with Gasteiger partial charge in [-0.2, -0.15) is 24.9 Å². The predicted molar refractivity (Wildman–Crippen MR) is 77.7 cm³/mol. The Kier molecular flexibility index (Phi) is 7.71. The first-order chi connectivity index (χ1) is 9.01. The Morgan fingerprint density at radius 1 is 1.11 bits per heavy atom. The standard InChI is InChI=1S/C13H18F3NS2/c1-18-9-3-2-8-17-10-11-4-6-12(7-5-11)19-13(14,15)16/h4-7,17H,2-3,8-10H2,1H3. The molecule has 6 heteroatoms. The van der Waals surface area contributed by atoms with Crippen LogP contribution in [0.1, 0.15) is 18.4 Å². The summed E-state index contributed by atoms with van der Waals surface area (Å²) in [4.78, 5) is 0.233. The highest BCUT2D eigenvalue weighted by Gasteiger charge is 2.28. The third-order valence-corrected chi connectivity index (χ3v) is 3.87. The lowest BCUT2D eigenvalue weighted by molar-refractivity contribution is -0.0328. The van der Waals surface area contributed by atoms with Gasteiger partial charge in [-0.15, -0.1) is 0 Å². The molecular weight excluding hydrogens is 291 g/mol. The zero-order valence-electron chi connectivity index (χ0n) is 10.8. The van der Waals surface area contributed by atoms with E-state index < -0.39 is 5.51 Å². The van der Waals surface area contributed by atoms with Crippen LogP contribution in [0.5, 0.6) is 0 Å². The Bertz CT molecular complexity index is 352. The van der Waals surface area contributed by atoms with E-state index in [9.17, 15) is 13.2 Å². The maximum atomic E-state index is 12.1. The molecule has 0 aromatic heterocycles. The van der Waals surface area contributed by atoms with Crippen LogP contribution in [-0.4, -0.2) is 24.1 Å². The average molecular weight is 309 g/mol. The highest BCUT2D eigenvalue weighted by atomic mass is 32.2. The molecule has 108 valence electrons. The molecule has 0 amide bonds. The molecule has 0 heterocycles. The topological polar surface area (TPSA) is 12.0 Å². The molecule has 0 fully saturated rings. The van der Waals surface area contributed by atoms with Crippen molar-refractivity contribution < 1.29 is 13.2 Å². The summed E-state index contributed by atoms with van der Waals surface area (Å²) in [6, 6.07) is 6.51. The van der Waals surface area contributed by atoms with Crippen molar-refractivity contribution in [1.29, 1.82) is 0 Å². The van der Waals surface area contributed by atoms with Gasteiger partial charge in [-0.25, -0.2) is 0 Å². The molecule has 1 nitrogen and oxygen atoms in total. The van der Waals surface area contributed by atoms with E-state index >= 15 is 0 Å². The van der Waals surface area contributed by atoms with Crippen LogP contribution in [0.3, 0.4) is 0 Å². The van der Waals surface area contributed by atoms with Crippen molar-refractivity contribution in [3.8, 4) is 0 Å². The molecule has 0 radical (unpaired) electrons. The Balaban J connectivity index is 2.25. The molecule has 1 rings (SSSR count). The fourth-order valence-corrected chi connectivity index (χ4v) is 2.57. The molecule has 0 atom stereocenters. The number of benzene rings is 1. The predicted octanol–water partition coefficient (Wildman–Crippen LogP) is 4.53. The van der Waals surface area contributed by atoms with E-state index in [2.05, 4.69) is 11.6 Å². The van der Waals surface area contributed by atoms with E-state index in [1.807, 2.05) is 11.8 Å². The van der Waals surface area contributed by atoms with Crippen molar-refractivity contribution in [2.75, 3.05) is 18.6 Å². The van der Waals surface area contributed by atoms with Gasteiger partial charge in [0, 0.05) is 11.4 Å². The summed E-state index contributed by atoms with van der Waals surface area (Å²) < 4.78 is 36.4. The Morgan fingerprint density at radius 3 is 2.37 bits per heavy atom. The average Bonchev–Trinajstić information content (AvgIpc) is 2.34. The van der Waals surface area contributed by atoms with Crippen LogP contribution in [0.4, 0.5) is 13.2 Å². The van der Waals surface area contributed by atoms with Gasteiger partial charge in [0.25, 0.3) is 0 Å². The normalized spacial score (nSPS) is 11.8. The molecule has 0 saturated carbocycles. The van der Waals surface area contributed by atoms with Gasteiger partial charge < -0.3 is 5.32 Å². The minimum Gasteiger partial charge on any atom is -0.313 e. The summed E-state index contributed by atoms with van der Waals surface area (Å²) in [7, 11) is 0. The van der Waals surface area contributed by atoms with E-state index in [1.165, 1.54) is 24.3 Å². The van der Waals surface area contributed by atoms with Gasteiger partial charge in [0.2, 0.25) is 0 Å². The van der Waals surface area contributed by atoms with Crippen molar-refractivity contribution in [2.24, 2.45) is 0 Å². The molecule has 19 heavy (non-hydrogen) atoms. The molecular formula is C13H18F3NS2. The van der Waals surface area contributed by atoms with Gasteiger partial charge in [-0.05, 0) is 60.9 Å². The first kappa shape index (κ1) is 16.7. The molecule has 1 aromatic rings. The molecule has 0 aliphatic carbocycles. The summed E-state index contributed by atoms with van der Waals surface area (Å²) in [5.41, 5.74) is -3.20. The fraction of sp³-hybridized carbons (Fsp3) is 0.538. The van der Waals surface area contributed by atoms with E-state index in [1.54, 1.807) is 12.1 Å². The molecule has 0 saturated heterocycles. The van der Waals surface area contributed by atoms with Crippen LogP contribution in [0.2, 0.25) is 0 Å². The van der Waals surface area contributed by atoms with Crippen LogP contribution in [0, 0.1) is 0 Å². The Hall–Kier alpha value is -0.330. The molecule has 0 unspecified atom stereocenters. The minimum absolute atomic E-state index is 0.0758. The molecule has 0 aliphatic heterocycles. The third kappa shape index (κ3) is 8.44. The summed E-state index contributed by atoms with van der Waals surface area (Å²) >= 11 is 1.76. The van der Waals surface area contributed by atoms with Crippen molar-refractivity contribution in [2.45, 2.75) is 29.8 Å². The lowest BCUT2D eigenvalue weighted by Gasteiger charge is -2.07. The SMILES string of the molecule is CSCCCCNCc1ccc(SC(F)(F)F)cc1. The lowest BCUT2D eigenvalue weighted by Crippen LogP contribution is -2.14. The van der Waals surface area contributed by atoms with Gasteiger partial charge >= 0.3 is 5.51 Å². The largest absolute Gasteiger partial charge is 0.446 e. The van der Waals surface area contributed by atoms with E-state index in [4.69, 9.17) is 0 Å². The van der Waals surface area contributed by atoms with Crippen molar-refractivity contribution >= 4 is 23.5 Å². The van der Waals surface area contributed by atoms with Gasteiger partial charge in [0.1, 0.15) is 0 Å². The monoisotopic (exact) mass is 309 g/mol. The van der Waals surface area contributed by atoms with Crippen LogP contribution in [0.15, 0.2) is 29.2 Å². The van der Waals surface area contributed by atoms with E-state index in [-0.39, 0.29) is 16.7 Å². The number of halogens is 3. The quantitative estimate of drug-likeness (QED) is 0.559. The maximum Gasteiger partial charge on any atom is 0.446 e. The number of alkyl halides is 3. The number of unbranched alkanes of at least 4 members (excludes halogenated alkanes) is 1. The molecule has 0 aliphatic rings. The van der Waals surface area contributed by atoms with E-state index in [0.29, 0.717) is 6.54 Å². The zero-order chi connectivity index (χ0) is 14.1. The number of thioether (sulfide) groups is 2. The van der Waals surface area contributed by atoms with Crippen molar-refractivity contribution in [1.82, 2.24) is 5.32 Å². The third-order valence-electron chi connectivity index (χ3n) is 2.44. The van der Waals surface area contributed by atoms with E-state index in [0.717, 1.165) is 18.5 Å².